The third-order valence-electron chi connectivity index (χ3n) is 2.30. The molecule has 0 aromatic heterocycles. The fourth-order valence-electron chi connectivity index (χ4n) is 1.56. The predicted molar refractivity (Wildman–Crippen MR) is 56.6 cm³/mol. The maximum Gasteiger partial charge on any atom is 0.221 e. The van der Waals surface area contributed by atoms with Gasteiger partial charge >= 0.3 is 0 Å². The molecule has 4 N–H and O–H groups in total. The molecular weight excluding hydrogens is 218 g/mol. The molecule has 7 heteroatoms. The molecule has 1 amide bonds. The second-order valence-corrected chi connectivity index (χ2v) is 5.45. The van der Waals surface area contributed by atoms with Crippen LogP contribution in [0.15, 0.2) is 0 Å². The van der Waals surface area contributed by atoms with Crippen molar-refractivity contribution in [1.29, 1.82) is 0 Å². The fraction of sp³-hybridized carbons (Fsp3) is 0.875. The summed E-state index contributed by atoms with van der Waals surface area (Å²) in [7, 11) is -3.48. The first-order chi connectivity index (χ1) is 6.97. The van der Waals surface area contributed by atoms with E-state index in [4.69, 9.17) is 5.14 Å². The van der Waals surface area contributed by atoms with Gasteiger partial charge in [0.15, 0.2) is 0 Å². The molecule has 0 radical (unpaired) electrons. The Kier molecular flexibility index (Phi) is 4.49. The number of nitrogens with one attached hydrogen (secondary N) is 2. The Morgan fingerprint density at radius 3 is 2.80 bits per heavy atom. The van der Waals surface area contributed by atoms with Gasteiger partial charge in [0.2, 0.25) is 15.9 Å². The number of nitrogens with two attached hydrogens (primary N) is 1. The maximum absolute atomic E-state index is 11.3. The summed E-state index contributed by atoms with van der Waals surface area (Å²) in [5.74, 6) is -0.338. The molecule has 1 atom stereocenters. The minimum absolute atomic E-state index is 0.0877. The molecular formula is C8H17N3O3S. The summed E-state index contributed by atoms with van der Waals surface area (Å²) >= 11 is 0. The van der Waals surface area contributed by atoms with Crippen molar-refractivity contribution in [2.75, 3.05) is 18.8 Å². The smallest absolute Gasteiger partial charge is 0.221 e. The number of rotatable bonds is 5. The number of primary sulfonamides is 1. The number of hydrogen-bond acceptors (Lipinski definition) is 4. The first-order valence-electron chi connectivity index (χ1n) is 4.98. The molecule has 1 rings (SSSR count). The Morgan fingerprint density at radius 2 is 2.27 bits per heavy atom. The molecule has 0 aliphatic carbocycles. The highest BCUT2D eigenvalue weighted by Crippen LogP contribution is 2.07. The molecule has 6 nitrogen and oxygen atoms in total. The second kappa shape index (κ2) is 5.43. The molecule has 1 saturated heterocycles. The number of sulfonamides is 1. The van der Waals surface area contributed by atoms with Crippen molar-refractivity contribution < 1.29 is 13.2 Å². The molecule has 0 aromatic carbocycles. The minimum Gasteiger partial charge on any atom is -0.355 e. The monoisotopic (exact) mass is 235 g/mol. The van der Waals surface area contributed by atoms with Gasteiger partial charge in [-0.25, -0.2) is 13.6 Å². The standard InChI is InChI=1S/C8H17N3O3S/c9-15(13,14)5-4-11-8(12)6-7-2-1-3-10-7/h7,10H,1-6H2,(H,11,12)(H2,9,13,14). The molecule has 1 fully saturated rings. The normalized spacial score (nSPS) is 21.5. The van der Waals surface area contributed by atoms with Crippen LogP contribution in [0.5, 0.6) is 0 Å². The third kappa shape index (κ3) is 5.71. The lowest BCUT2D eigenvalue weighted by Crippen LogP contribution is -2.35. The molecule has 0 bridgehead atoms. The van der Waals surface area contributed by atoms with E-state index in [0.29, 0.717) is 6.42 Å². The van der Waals surface area contributed by atoms with Crippen LogP contribution in [-0.2, 0) is 14.8 Å². The quantitative estimate of drug-likeness (QED) is 0.541. The topological polar surface area (TPSA) is 101 Å². The summed E-state index contributed by atoms with van der Waals surface area (Å²) in [6.45, 7) is 1.04. The average molecular weight is 235 g/mol. The van der Waals surface area contributed by atoms with Gasteiger partial charge in [-0.2, -0.15) is 0 Å². The number of hydrogen-bond donors (Lipinski definition) is 3. The van der Waals surface area contributed by atoms with Crippen molar-refractivity contribution in [3.05, 3.63) is 0 Å². The van der Waals surface area contributed by atoms with Gasteiger partial charge in [0.25, 0.3) is 0 Å². The van der Waals surface area contributed by atoms with Gasteiger partial charge in [-0.3, -0.25) is 4.79 Å². The zero-order valence-corrected chi connectivity index (χ0v) is 9.35. The van der Waals surface area contributed by atoms with Gasteiger partial charge in [0.1, 0.15) is 0 Å². The van der Waals surface area contributed by atoms with Gasteiger partial charge in [-0.1, -0.05) is 0 Å². The predicted octanol–water partition coefficient (Wildman–Crippen LogP) is -1.47. The maximum atomic E-state index is 11.3. The SMILES string of the molecule is NS(=O)(=O)CCNC(=O)CC1CCCN1. The molecule has 15 heavy (non-hydrogen) atoms. The van der Waals surface area contributed by atoms with Gasteiger partial charge in [0, 0.05) is 19.0 Å². The van der Waals surface area contributed by atoms with Crippen LogP contribution in [0.1, 0.15) is 19.3 Å². The molecule has 1 aliphatic heterocycles. The molecule has 88 valence electrons. The number of carbonyl (C=O) groups is 1. The summed E-state index contributed by atoms with van der Waals surface area (Å²) in [5, 5.41) is 10.5. The third-order valence-corrected chi connectivity index (χ3v) is 3.08. The van der Waals surface area contributed by atoms with Crippen molar-refractivity contribution in [2.24, 2.45) is 5.14 Å². The Bertz CT molecular complexity index is 309. The van der Waals surface area contributed by atoms with Crippen molar-refractivity contribution in [3.8, 4) is 0 Å². The zero-order valence-electron chi connectivity index (χ0n) is 8.53. The summed E-state index contributed by atoms with van der Waals surface area (Å²) in [6.07, 6.45) is 2.50. The van der Waals surface area contributed by atoms with Crippen molar-refractivity contribution in [1.82, 2.24) is 10.6 Å². The first kappa shape index (κ1) is 12.4. The highest BCUT2D eigenvalue weighted by molar-refractivity contribution is 7.89. The van der Waals surface area contributed by atoms with Crippen molar-refractivity contribution in [2.45, 2.75) is 25.3 Å². The van der Waals surface area contributed by atoms with E-state index in [-0.39, 0.29) is 24.2 Å². The second-order valence-electron chi connectivity index (χ2n) is 3.71. The fourth-order valence-corrected chi connectivity index (χ4v) is 1.95. The number of carbonyl (C=O) groups excluding carboxylic acids is 1. The Balaban J connectivity index is 2.13. The van der Waals surface area contributed by atoms with Crippen LogP contribution in [0.4, 0.5) is 0 Å². The van der Waals surface area contributed by atoms with E-state index in [9.17, 15) is 13.2 Å². The zero-order chi connectivity index (χ0) is 11.3. The summed E-state index contributed by atoms with van der Waals surface area (Å²) in [6, 6.07) is 0.236. The Morgan fingerprint density at radius 1 is 1.53 bits per heavy atom. The van der Waals surface area contributed by atoms with E-state index in [1.807, 2.05) is 0 Å². The molecule has 1 aliphatic rings. The lowest BCUT2D eigenvalue weighted by atomic mass is 10.1. The van der Waals surface area contributed by atoms with E-state index >= 15 is 0 Å². The lowest BCUT2D eigenvalue weighted by Gasteiger charge is -2.09. The van der Waals surface area contributed by atoms with E-state index in [0.717, 1.165) is 19.4 Å². The molecule has 0 aromatic rings. The Hall–Kier alpha value is -0.660. The van der Waals surface area contributed by atoms with Crippen molar-refractivity contribution in [3.63, 3.8) is 0 Å². The van der Waals surface area contributed by atoms with E-state index in [1.165, 1.54) is 0 Å². The largest absolute Gasteiger partial charge is 0.355 e. The molecule has 1 heterocycles. The van der Waals surface area contributed by atoms with E-state index in [1.54, 1.807) is 0 Å². The minimum atomic E-state index is -3.48. The van der Waals surface area contributed by atoms with Crippen LogP contribution in [0.3, 0.4) is 0 Å². The van der Waals surface area contributed by atoms with Gasteiger partial charge < -0.3 is 10.6 Å². The number of amides is 1. The summed E-state index contributed by atoms with van der Waals surface area (Å²) < 4.78 is 21.1. The highest BCUT2D eigenvalue weighted by Gasteiger charge is 2.17. The van der Waals surface area contributed by atoms with Crippen LogP contribution in [0.25, 0.3) is 0 Å². The highest BCUT2D eigenvalue weighted by atomic mass is 32.2. The van der Waals surface area contributed by atoms with Crippen LogP contribution < -0.4 is 15.8 Å². The van der Waals surface area contributed by atoms with Crippen molar-refractivity contribution >= 4 is 15.9 Å². The molecule has 1 unspecified atom stereocenters. The van der Waals surface area contributed by atoms with Gasteiger partial charge in [0.05, 0.1) is 5.75 Å². The van der Waals surface area contributed by atoms with Gasteiger partial charge in [-0.05, 0) is 19.4 Å². The first-order valence-corrected chi connectivity index (χ1v) is 6.69. The lowest BCUT2D eigenvalue weighted by molar-refractivity contribution is -0.121. The summed E-state index contributed by atoms with van der Waals surface area (Å²) in [5.41, 5.74) is 0. The van der Waals surface area contributed by atoms with E-state index < -0.39 is 10.0 Å². The van der Waals surface area contributed by atoms with Crippen LogP contribution in [-0.4, -0.2) is 39.2 Å². The van der Waals surface area contributed by atoms with E-state index in [2.05, 4.69) is 10.6 Å². The van der Waals surface area contributed by atoms with Crippen LogP contribution in [0.2, 0.25) is 0 Å². The Labute approximate surface area is 89.6 Å². The molecule has 0 saturated carbocycles. The summed E-state index contributed by atoms with van der Waals surface area (Å²) in [4.78, 5) is 11.3. The van der Waals surface area contributed by atoms with Crippen LogP contribution in [0, 0.1) is 0 Å². The molecule has 0 spiro atoms. The van der Waals surface area contributed by atoms with Gasteiger partial charge in [-0.15, -0.1) is 0 Å². The van der Waals surface area contributed by atoms with Crippen LogP contribution >= 0.6 is 0 Å². The average Bonchev–Trinajstić information content (AvgIpc) is 2.54.